The fourth-order valence-corrected chi connectivity index (χ4v) is 2.74. The molecule has 2 atom stereocenters. The minimum Gasteiger partial charge on any atom is -0.482 e. The molecule has 1 heterocycles. The maximum atomic E-state index is 12.0. The van der Waals surface area contributed by atoms with Crippen LogP contribution < -0.4 is 20.7 Å². The molecular formula is C16H18ClN3O4. The minimum absolute atomic E-state index is 0.00579. The van der Waals surface area contributed by atoms with E-state index in [2.05, 4.69) is 16.0 Å². The first-order valence-corrected chi connectivity index (χ1v) is 8.15. The van der Waals surface area contributed by atoms with E-state index in [0.717, 1.165) is 6.42 Å². The second-order valence-corrected chi connectivity index (χ2v) is 6.48. The van der Waals surface area contributed by atoms with E-state index in [1.165, 1.54) is 6.07 Å². The van der Waals surface area contributed by atoms with Crippen molar-refractivity contribution in [1.29, 1.82) is 0 Å². The second-order valence-electron chi connectivity index (χ2n) is 6.07. The third-order valence-electron chi connectivity index (χ3n) is 4.07. The van der Waals surface area contributed by atoms with Gasteiger partial charge in [-0.1, -0.05) is 18.5 Å². The van der Waals surface area contributed by atoms with Gasteiger partial charge in [0.2, 0.25) is 11.8 Å². The Kier molecular flexibility index (Phi) is 4.62. The Morgan fingerprint density at radius 2 is 2.17 bits per heavy atom. The molecule has 1 aliphatic carbocycles. The number of rotatable bonds is 5. The lowest BCUT2D eigenvalue weighted by Crippen LogP contribution is -2.29. The van der Waals surface area contributed by atoms with E-state index in [1.54, 1.807) is 6.07 Å². The molecule has 1 saturated carbocycles. The molecule has 3 amide bonds. The smallest absolute Gasteiger partial charge is 0.262 e. The predicted octanol–water partition coefficient (Wildman–Crippen LogP) is 1.77. The van der Waals surface area contributed by atoms with Crippen molar-refractivity contribution in [2.24, 2.45) is 11.8 Å². The highest BCUT2D eigenvalue weighted by Crippen LogP contribution is 2.38. The number of hydrogen-bond acceptors (Lipinski definition) is 4. The summed E-state index contributed by atoms with van der Waals surface area (Å²) in [5.74, 6) is 0.470. The van der Waals surface area contributed by atoms with E-state index in [1.807, 2.05) is 6.92 Å². The molecule has 1 fully saturated rings. The first kappa shape index (κ1) is 16.6. The van der Waals surface area contributed by atoms with Crippen molar-refractivity contribution in [1.82, 2.24) is 5.32 Å². The lowest BCUT2D eigenvalue weighted by atomic mass is 10.2. The third kappa shape index (κ3) is 3.79. The quantitative estimate of drug-likeness (QED) is 0.753. The van der Waals surface area contributed by atoms with Gasteiger partial charge in [0.25, 0.3) is 5.91 Å². The van der Waals surface area contributed by atoms with E-state index in [9.17, 15) is 14.4 Å². The number of ether oxygens (including phenoxy) is 1. The lowest BCUT2D eigenvalue weighted by Gasteiger charge is -2.19. The fraction of sp³-hybridized carbons (Fsp3) is 0.438. The highest BCUT2D eigenvalue weighted by Gasteiger charge is 2.38. The molecule has 8 heteroatoms. The van der Waals surface area contributed by atoms with Crippen molar-refractivity contribution < 1.29 is 19.1 Å². The molecule has 0 radical (unpaired) electrons. The van der Waals surface area contributed by atoms with Gasteiger partial charge in [-0.05, 0) is 18.4 Å². The van der Waals surface area contributed by atoms with Gasteiger partial charge in [0, 0.05) is 24.9 Å². The third-order valence-corrected chi connectivity index (χ3v) is 4.39. The molecule has 0 bridgehead atoms. The summed E-state index contributed by atoms with van der Waals surface area (Å²) in [7, 11) is 0. The summed E-state index contributed by atoms with van der Waals surface area (Å²) in [6, 6.07) is 3.10. The van der Waals surface area contributed by atoms with Gasteiger partial charge in [-0.15, -0.1) is 0 Å². The summed E-state index contributed by atoms with van der Waals surface area (Å²) in [6.07, 6.45) is 1.07. The first-order valence-electron chi connectivity index (χ1n) is 7.78. The monoisotopic (exact) mass is 351 g/mol. The zero-order chi connectivity index (χ0) is 17.3. The molecule has 7 nitrogen and oxygen atoms in total. The molecule has 1 aliphatic heterocycles. The Hall–Kier alpha value is -2.28. The number of hydrogen-bond donors (Lipinski definition) is 3. The largest absolute Gasteiger partial charge is 0.482 e. The van der Waals surface area contributed by atoms with Crippen LogP contribution in [0.5, 0.6) is 5.75 Å². The molecule has 24 heavy (non-hydrogen) atoms. The zero-order valence-electron chi connectivity index (χ0n) is 13.1. The maximum absolute atomic E-state index is 12.0. The number of anilines is 2. The van der Waals surface area contributed by atoms with Gasteiger partial charge < -0.3 is 20.7 Å². The Balaban J connectivity index is 1.52. The van der Waals surface area contributed by atoms with E-state index in [4.69, 9.17) is 16.3 Å². The maximum Gasteiger partial charge on any atom is 0.262 e. The van der Waals surface area contributed by atoms with Crippen LogP contribution in [0.4, 0.5) is 11.4 Å². The average Bonchev–Trinajstić information content (AvgIpc) is 3.25. The predicted molar refractivity (Wildman–Crippen MR) is 89.1 cm³/mol. The number of amides is 3. The van der Waals surface area contributed by atoms with Gasteiger partial charge in [-0.3, -0.25) is 14.4 Å². The van der Waals surface area contributed by atoms with Gasteiger partial charge in [-0.25, -0.2) is 0 Å². The average molecular weight is 352 g/mol. The molecule has 1 aromatic carbocycles. The number of carbonyl (C=O) groups excluding carboxylic acids is 3. The van der Waals surface area contributed by atoms with Gasteiger partial charge in [0.05, 0.1) is 16.4 Å². The number of carbonyl (C=O) groups is 3. The summed E-state index contributed by atoms with van der Waals surface area (Å²) in [4.78, 5) is 34.9. The summed E-state index contributed by atoms with van der Waals surface area (Å²) in [5.41, 5.74) is 0.874. The van der Waals surface area contributed by atoms with Crippen LogP contribution in [-0.2, 0) is 14.4 Å². The molecule has 2 unspecified atom stereocenters. The van der Waals surface area contributed by atoms with Crippen LogP contribution in [0.25, 0.3) is 0 Å². The van der Waals surface area contributed by atoms with Crippen molar-refractivity contribution in [2.75, 3.05) is 23.8 Å². The molecule has 0 saturated heterocycles. The van der Waals surface area contributed by atoms with Crippen LogP contribution in [0.1, 0.15) is 19.8 Å². The second kappa shape index (κ2) is 6.68. The first-order chi connectivity index (χ1) is 11.4. The molecule has 128 valence electrons. The van der Waals surface area contributed by atoms with Crippen LogP contribution in [0, 0.1) is 11.8 Å². The molecule has 3 N–H and O–H groups in total. The molecule has 2 aliphatic rings. The van der Waals surface area contributed by atoms with Gasteiger partial charge >= 0.3 is 0 Å². The van der Waals surface area contributed by atoms with Crippen molar-refractivity contribution >= 4 is 40.7 Å². The summed E-state index contributed by atoms with van der Waals surface area (Å²) >= 11 is 6.11. The highest BCUT2D eigenvalue weighted by atomic mass is 35.5. The van der Waals surface area contributed by atoms with E-state index in [-0.39, 0.29) is 43.2 Å². The van der Waals surface area contributed by atoms with E-state index < -0.39 is 0 Å². The van der Waals surface area contributed by atoms with Gasteiger partial charge in [0.1, 0.15) is 5.75 Å². The number of halogens is 1. The topological polar surface area (TPSA) is 96.5 Å². The number of nitrogens with one attached hydrogen (secondary N) is 3. The van der Waals surface area contributed by atoms with Crippen LogP contribution in [0.3, 0.4) is 0 Å². The SMILES string of the molecule is CC1CC1C(=O)NCCC(=O)Nc1cc2c(cc1Cl)NC(=O)CO2. The standard InChI is InChI=1S/C16H18ClN3O4/c1-8-4-9(8)16(23)18-3-2-14(21)19-11-6-13-12(5-10(11)17)20-15(22)7-24-13/h5-6,8-9H,2-4,7H2,1H3,(H,18,23)(H,19,21)(H,20,22). The fourth-order valence-electron chi connectivity index (χ4n) is 2.53. The highest BCUT2D eigenvalue weighted by molar-refractivity contribution is 6.34. The Labute approximate surface area is 144 Å². The number of fused-ring (bicyclic) bond motifs is 1. The van der Waals surface area contributed by atoms with Crippen molar-refractivity contribution in [2.45, 2.75) is 19.8 Å². The summed E-state index contributed by atoms with van der Waals surface area (Å²) in [5, 5.41) is 8.37. The van der Waals surface area contributed by atoms with E-state index in [0.29, 0.717) is 28.1 Å². The zero-order valence-corrected chi connectivity index (χ0v) is 13.9. The Bertz CT molecular complexity index is 707. The Morgan fingerprint density at radius 1 is 1.42 bits per heavy atom. The lowest BCUT2D eigenvalue weighted by molar-refractivity contribution is -0.122. The summed E-state index contributed by atoms with van der Waals surface area (Å²) < 4.78 is 5.29. The molecule has 0 aromatic heterocycles. The van der Waals surface area contributed by atoms with Gasteiger partial charge in [-0.2, -0.15) is 0 Å². The van der Waals surface area contributed by atoms with Gasteiger partial charge in [0.15, 0.2) is 6.61 Å². The number of benzene rings is 1. The van der Waals surface area contributed by atoms with Crippen LogP contribution >= 0.6 is 11.6 Å². The normalized spacial score (nSPS) is 21.2. The molecule has 1 aromatic rings. The van der Waals surface area contributed by atoms with Crippen LogP contribution in [-0.4, -0.2) is 30.9 Å². The molecule has 0 spiro atoms. The van der Waals surface area contributed by atoms with Crippen molar-refractivity contribution in [3.8, 4) is 5.75 Å². The van der Waals surface area contributed by atoms with E-state index >= 15 is 0 Å². The molecular weight excluding hydrogens is 334 g/mol. The van der Waals surface area contributed by atoms with Crippen molar-refractivity contribution in [3.05, 3.63) is 17.2 Å². The summed E-state index contributed by atoms with van der Waals surface area (Å²) in [6.45, 7) is 2.23. The molecule has 3 rings (SSSR count). The minimum atomic E-state index is -0.263. The van der Waals surface area contributed by atoms with Crippen LogP contribution in [0.15, 0.2) is 12.1 Å². The van der Waals surface area contributed by atoms with Crippen LogP contribution in [0.2, 0.25) is 5.02 Å². The van der Waals surface area contributed by atoms with Crippen molar-refractivity contribution in [3.63, 3.8) is 0 Å². The Morgan fingerprint density at radius 3 is 2.88 bits per heavy atom.